The lowest BCUT2D eigenvalue weighted by atomic mass is 9.95. The van der Waals surface area contributed by atoms with Crippen LogP contribution in [0.15, 0.2) is 24.5 Å². The van der Waals surface area contributed by atoms with E-state index < -0.39 is 0 Å². The van der Waals surface area contributed by atoms with Crippen molar-refractivity contribution in [3.8, 4) is 0 Å². The van der Waals surface area contributed by atoms with Gasteiger partial charge < -0.3 is 9.64 Å². The number of hydrogen-bond acceptors (Lipinski definition) is 5. The summed E-state index contributed by atoms with van der Waals surface area (Å²) in [5.41, 5.74) is 1.20. The number of fused-ring (bicyclic) bond motifs is 4. The van der Waals surface area contributed by atoms with E-state index in [0.717, 1.165) is 58.7 Å². The molecule has 2 bridgehead atoms. The summed E-state index contributed by atoms with van der Waals surface area (Å²) < 4.78 is 5.54. The Bertz CT molecular complexity index is 620. The molecule has 4 fully saturated rings. The van der Waals surface area contributed by atoms with Crippen LogP contribution in [0.5, 0.6) is 0 Å². The Kier molecular flexibility index (Phi) is 6.05. The molecule has 4 aliphatic heterocycles. The van der Waals surface area contributed by atoms with Crippen LogP contribution in [0, 0.1) is 5.92 Å². The molecule has 2 atom stereocenters. The molecule has 5 rings (SSSR count). The van der Waals surface area contributed by atoms with Crippen LogP contribution in [0.3, 0.4) is 0 Å². The van der Waals surface area contributed by atoms with Crippen molar-refractivity contribution in [3.63, 3.8) is 0 Å². The van der Waals surface area contributed by atoms with Crippen LogP contribution in [0.25, 0.3) is 0 Å². The number of amides is 1. The van der Waals surface area contributed by atoms with Crippen molar-refractivity contribution in [1.29, 1.82) is 0 Å². The summed E-state index contributed by atoms with van der Waals surface area (Å²) in [6.07, 6.45) is 8.32. The molecule has 0 N–H and O–H groups in total. The number of ether oxygens (including phenoxy) is 1. The van der Waals surface area contributed by atoms with Gasteiger partial charge in [-0.1, -0.05) is 0 Å². The van der Waals surface area contributed by atoms with Crippen molar-refractivity contribution in [2.45, 2.75) is 44.3 Å². The van der Waals surface area contributed by atoms with Gasteiger partial charge in [-0.25, -0.2) is 0 Å². The Labute approximate surface area is 162 Å². The molecule has 5 heterocycles. The van der Waals surface area contributed by atoms with Gasteiger partial charge in [0.2, 0.25) is 5.91 Å². The van der Waals surface area contributed by atoms with Crippen molar-refractivity contribution < 1.29 is 9.53 Å². The van der Waals surface area contributed by atoms with E-state index in [2.05, 4.69) is 19.7 Å². The van der Waals surface area contributed by atoms with Crippen LogP contribution >= 0.6 is 0 Å². The molecule has 6 nitrogen and oxygen atoms in total. The summed E-state index contributed by atoms with van der Waals surface area (Å²) in [6, 6.07) is 5.06. The van der Waals surface area contributed by atoms with E-state index in [-0.39, 0.29) is 5.91 Å². The Morgan fingerprint density at radius 1 is 1.11 bits per heavy atom. The molecule has 0 radical (unpaired) electrons. The smallest absolute Gasteiger partial charge is 0.237 e. The third-order valence-corrected chi connectivity index (χ3v) is 6.38. The normalized spacial score (nSPS) is 27.1. The number of carbonyl (C=O) groups excluding carboxylic acids is 1. The van der Waals surface area contributed by atoms with E-state index in [1.807, 2.05) is 31.6 Å². The van der Waals surface area contributed by atoms with Crippen molar-refractivity contribution in [1.82, 2.24) is 19.7 Å². The van der Waals surface area contributed by atoms with Gasteiger partial charge in [0.25, 0.3) is 0 Å². The Balaban J connectivity index is 1.35. The zero-order chi connectivity index (χ0) is 18.6. The minimum Gasteiger partial charge on any atom is -0.381 e. The Morgan fingerprint density at radius 2 is 1.89 bits per heavy atom. The van der Waals surface area contributed by atoms with E-state index in [1.54, 1.807) is 0 Å². The fourth-order valence-corrected chi connectivity index (χ4v) is 4.95. The number of likely N-dealkylation sites (N-methyl/N-ethyl adjacent to an activating group) is 1. The lowest BCUT2D eigenvalue weighted by Crippen LogP contribution is -2.51. The molecule has 0 saturated carbocycles. The van der Waals surface area contributed by atoms with Crippen molar-refractivity contribution in [2.24, 2.45) is 5.92 Å². The summed E-state index contributed by atoms with van der Waals surface area (Å²) in [5, 5.41) is 0. The van der Waals surface area contributed by atoms with Gasteiger partial charge >= 0.3 is 0 Å². The van der Waals surface area contributed by atoms with E-state index in [4.69, 9.17) is 4.74 Å². The van der Waals surface area contributed by atoms with Gasteiger partial charge in [-0.05, 0) is 56.3 Å². The molecule has 0 spiro atoms. The third kappa shape index (κ3) is 4.68. The third-order valence-electron chi connectivity index (χ3n) is 6.38. The first-order chi connectivity index (χ1) is 13.2. The number of rotatable bonds is 5. The molecule has 0 unspecified atom stereocenters. The van der Waals surface area contributed by atoms with Crippen LogP contribution in [0.2, 0.25) is 0 Å². The topological polar surface area (TPSA) is 48.9 Å². The van der Waals surface area contributed by atoms with Gasteiger partial charge in [0.15, 0.2) is 0 Å². The van der Waals surface area contributed by atoms with E-state index in [0.29, 0.717) is 24.5 Å². The fraction of sp³-hybridized carbons (Fsp3) is 0.714. The SMILES string of the molecule is CN(CC(=O)N1C[C@H]2CC[C@@H]1CN(C1CCOCC1)C2)Cc1ccncc1. The predicted octanol–water partition coefficient (Wildman–Crippen LogP) is 1.62. The molecule has 4 saturated heterocycles. The molecule has 0 aliphatic carbocycles. The van der Waals surface area contributed by atoms with Crippen molar-refractivity contribution in [2.75, 3.05) is 46.4 Å². The maximum Gasteiger partial charge on any atom is 0.237 e. The van der Waals surface area contributed by atoms with Gasteiger partial charge in [0, 0.05) is 63.9 Å². The zero-order valence-corrected chi connectivity index (χ0v) is 16.4. The lowest BCUT2D eigenvalue weighted by molar-refractivity contribution is -0.136. The van der Waals surface area contributed by atoms with Gasteiger partial charge in [-0.3, -0.25) is 19.6 Å². The molecule has 1 aromatic heterocycles. The molecular formula is C21H32N4O2. The lowest BCUT2D eigenvalue weighted by Gasteiger charge is -2.37. The second-order valence-corrected chi connectivity index (χ2v) is 8.47. The van der Waals surface area contributed by atoms with E-state index in [9.17, 15) is 4.79 Å². The first-order valence-corrected chi connectivity index (χ1v) is 10.4. The molecule has 148 valence electrons. The molecule has 1 aromatic rings. The first-order valence-electron chi connectivity index (χ1n) is 10.4. The minimum atomic E-state index is 0.287. The van der Waals surface area contributed by atoms with Gasteiger partial charge in [0.05, 0.1) is 6.54 Å². The maximum absolute atomic E-state index is 13.1. The van der Waals surface area contributed by atoms with Crippen molar-refractivity contribution in [3.05, 3.63) is 30.1 Å². The van der Waals surface area contributed by atoms with Crippen LogP contribution in [0.4, 0.5) is 0 Å². The number of nitrogens with zero attached hydrogens (tertiary/aromatic N) is 4. The van der Waals surface area contributed by atoms with Crippen molar-refractivity contribution >= 4 is 5.91 Å². The van der Waals surface area contributed by atoms with Crippen LogP contribution in [0.1, 0.15) is 31.2 Å². The summed E-state index contributed by atoms with van der Waals surface area (Å²) in [5.74, 6) is 0.913. The standard InChI is InChI=1S/C21H32N4O2/c1-23(12-17-4-8-22-9-5-17)16-21(26)25-14-18-2-3-20(25)15-24(13-18)19-6-10-27-11-7-19/h4-5,8-9,18-20H,2-3,6-7,10-16H2,1H3/t18-,20+/m0/s1. The number of piperidine rings is 1. The monoisotopic (exact) mass is 372 g/mol. The highest BCUT2D eigenvalue weighted by atomic mass is 16.5. The highest BCUT2D eigenvalue weighted by Crippen LogP contribution is 2.30. The van der Waals surface area contributed by atoms with Crippen LogP contribution in [-0.4, -0.2) is 84.1 Å². The van der Waals surface area contributed by atoms with Gasteiger partial charge in [-0.2, -0.15) is 0 Å². The second kappa shape index (κ2) is 8.67. The Hall–Kier alpha value is -1.50. The number of pyridine rings is 1. The quantitative estimate of drug-likeness (QED) is 0.786. The van der Waals surface area contributed by atoms with E-state index in [1.165, 1.54) is 12.0 Å². The van der Waals surface area contributed by atoms with E-state index >= 15 is 0 Å². The summed E-state index contributed by atoms with van der Waals surface area (Å²) >= 11 is 0. The zero-order valence-electron chi connectivity index (χ0n) is 16.4. The average Bonchev–Trinajstić information content (AvgIpc) is 3.01. The number of hydrogen-bond donors (Lipinski definition) is 0. The minimum absolute atomic E-state index is 0.287. The molecule has 6 heteroatoms. The highest BCUT2D eigenvalue weighted by molar-refractivity contribution is 5.78. The molecule has 1 amide bonds. The van der Waals surface area contributed by atoms with Crippen LogP contribution in [-0.2, 0) is 16.1 Å². The van der Waals surface area contributed by atoms with Gasteiger partial charge in [-0.15, -0.1) is 0 Å². The first kappa shape index (κ1) is 18.8. The molecule has 27 heavy (non-hydrogen) atoms. The maximum atomic E-state index is 13.1. The number of aromatic nitrogens is 1. The molecular weight excluding hydrogens is 340 g/mol. The van der Waals surface area contributed by atoms with Gasteiger partial charge in [0.1, 0.15) is 0 Å². The van der Waals surface area contributed by atoms with Crippen LogP contribution < -0.4 is 0 Å². The largest absolute Gasteiger partial charge is 0.381 e. The second-order valence-electron chi connectivity index (χ2n) is 8.47. The summed E-state index contributed by atoms with van der Waals surface area (Å²) in [4.78, 5) is 24.1. The molecule has 4 aliphatic rings. The summed E-state index contributed by atoms with van der Waals surface area (Å²) in [6.45, 7) is 6.18. The fourth-order valence-electron chi connectivity index (χ4n) is 4.95. The Morgan fingerprint density at radius 3 is 2.67 bits per heavy atom. The predicted molar refractivity (Wildman–Crippen MR) is 104 cm³/mol. The highest BCUT2D eigenvalue weighted by Gasteiger charge is 2.39. The number of carbonyl (C=O) groups is 1. The molecule has 0 aromatic carbocycles. The average molecular weight is 373 g/mol. The summed E-state index contributed by atoms with van der Waals surface area (Å²) in [7, 11) is 2.03.